The van der Waals surface area contributed by atoms with Gasteiger partial charge in [-0.05, 0) is 43.0 Å². The number of anilines is 1. The number of imidazole rings is 1. The van der Waals surface area contributed by atoms with Crippen LogP contribution in [0.5, 0.6) is 0 Å². The number of hydrogen-bond donors (Lipinski definition) is 2. The number of hydrogen-bond acceptors (Lipinski definition) is 3. The molecular formula is C20H30Cl2N4O. The molecule has 1 aliphatic carbocycles. The van der Waals surface area contributed by atoms with E-state index in [1.165, 1.54) is 0 Å². The van der Waals surface area contributed by atoms with E-state index in [4.69, 9.17) is 5.73 Å². The van der Waals surface area contributed by atoms with Crippen molar-refractivity contribution in [1.82, 2.24) is 9.55 Å². The van der Waals surface area contributed by atoms with Crippen molar-refractivity contribution < 1.29 is 4.79 Å². The van der Waals surface area contributed by atoms with Crippen LogP contribution >= 0.6 is 24.8 Å². The Bertz CT molecular complexity index is 732. The minimum absolute atomic E-state index is 0. The van der Waals surface area contributed by atoms with Crippen molar-refractivity contribution in [2.24, 2.45) is 17.6 Å². The van der Waals surface area contributed by atoms with E-state index in [-0.39, 0.29) is 36.6 Å². The van der Waals surface area contributed by atoms with E-state index in [0.29, 0.717) is 18.4 Å². The number of nitrogens with one attached hydrogen (secondary N) is 1. The Morgan fingerprint density at radius 2 is 2.11 bits per heavy atom. The van der Waals surface area contributed by atoms with Crippen LogP contribution in [0.3, 0.4) is 0 Å². The van der Waals surface area contributed by atoms with Crippen molar-refractivity contribution in [3.63, 3.8) is 0 Å². The predicted molar refractivity (Wildman–Crippen MR) is 115 cm³/mol. The van der Waals surface area contributed by atoms with Gasteiger partial charge in [0.2, 0.25) is 5.91 Å². The lowest BCUT2D eigenvalue weighted by atomic mass is 9.95. The lowest BCUT2D eigenvalue weighted by molar-refractivity contribution is -0.120. The largest absolute Gasteiger partial charge is 0.330 e. The molecule has 0 unspecified atom stereocenters. The van der Waals surface area contributed by atoms with Crippen LogP contribution in [0.4, 0.5) is 5.69 Å². The van der Waals surface area contributed by atoms with Crippen LogP contribution in [-0.4, -0.2) is 22.0 Å². The van der Waals surface area contributed by atoms with E-state index in [0.717, 1.165) is 42.9 Å². The third kappa shape index (κ3) is 5.71. The van der Waals surface area contributed by atoms with E-state index >= 15 is 0 Å². The molecule has 1 heterocycles. The summed E-state index contributed by atoms with van der Waals surface area (Å²) in [4.78, 5) is 17.0. The summed E-state index contributed by atoms with van der Waals surface area (Å²) in [6.07, 6.45) is 6.95. The first-order chi connectivity index (χ1) is 12.1. The topological polar surface area (TPSA) is 72.9 Å². The zero-order chi connectivity index (χ0) is 17.8. The summed E-state index contributed by atoms with van der Waals surface area (Å²) in [6, 6.07) is 8.07. The number of benzene rings is 1. The number of carbonyl (C=O) groups excluding carboxylic acids is 1. The lowest BCUT2D eigenvalue weighted by Crippen LogP contribution is -2.29. The maximum atomic E-state index is 12.6. The Morgan fingerprint density at radius 3 is 2.81 bits per heavy atom. The fourth-order valence-electron chi connectivity index (χ4n) is 3.80. The highest BCUT2D eigenvalue weighted by atomic mass is 35.5. The molecular weight excluding hydrogens is 383 g/mol. The number of rotatable bonds is 6. The van der Waals surface area contributed by atoms with Crippen LogP contribution < -0.4 is 11.1 Å². The molecule has 1 aliphatic rings. The molecule has 2 atom stereocenters. The molecule has 0 radical (unpaired) electrons. The summed E-state index contributed by atoms with van der Waals surface area (Å²) in [5.74, 6) is 1.94. The van der Waals surface area contributed by atoms with Crippen molar-refractivity contribution >= 4 is 36.4 Å². The second kappa shape index (κ2) is 10.7. The Kier molecular flexibility index (Phi) is 9.30. The van der Waals surface area contributed by atoms with Gasteiger partial charge in [-0.25, -0.2) is 4.98 Å². The third-order valence-electron chi connectivity index (χ3n) is 5.11. The van der Waals surface area contributed by atoms with Gasteiger partial charge in [0.05, 0.1) is 0 Å². The van der Waals surface area contributed by atoms with Gasteiger partial charge in [-0.15, -0.1) is 24.8 Å². The highest BCUT2D eigenvalue weighted by Crippen LogP contribution is 2.32. The second-order valence-corrected chi connectivity index (χ2v) is 7.29. The molecule has 0 aliphatic heterocycles. The SMILES string of the molecule is CC(C)c1nccn1Cc1cccc(NC(=O)[C@@H]2CCC[C@@H]2CN)c1.Cl.Cl. The molecule has 1 fully saturated rings. The van der Waals surface area contributed by atoms with Gasteiger partial charge in [0.1, 0.15) is 5.82 Å². The highest BCUT2D eigenvalue weighted by Gasteiger charge is 2.31. The maximum absolute atomic E-state index is 12.6. The fourth-order valence-corrected chi connectivity index (χ4v) is 3.80. The Labute approximate surface area is 173 Å². The van der Waals surface area contributed by atoms with Gasteiger partial charge in [-0.2, -0.15) is 0 Å². The van der Waals surface area contributed by atoms with Crippen molar-refractivity contribution in [1.29, 1.82) is 0 Å². The Balaban J connectivity index is 0.00000182. The van der Waals surface area contributed by atoms with E-state index in [9.17, 15) is 4.79 Å². The van der Waals surface area contributed by atoms with E-state index < -0.39 is 0 Å². The molecule has 0 bridgehead atoms. The van der Waals surface area contributed by atoms with Crippen LogP contribution in [0.1, 0.15) is 50.4 Å². The molecule has 1 aromatic carbocycles. The Morgan fingerprint density at radius 1 is 1.33 bits per heavy atom. The van der Waals surface area contributed by atoms with Gasteiger partial charge in [-0.1, -0.05) is 32.4 Å². The van der Waals surface area contributed by atoms with E-state index in [1.807, 2.05) is 24.5 Å². The number of halogens is 2. The van der Waals surface area contributed by atoms with Crippen LogP contribution in [0, 0.1) is 11.8 Å². The van der Waals surface area contributed by atoms with Crippen LogP contribution in [0.2, 0.25) is 0 Å². The van der Waals surface area contributed by atoms with Crippen LogP contribution in [0.15, 0.2) is 36.7 Å². The van der Waals surface area contributed by atoms with E-state index in [1.54, 1.807) is 0 Å². The van der Waals surface area contributed by atoms with Crippen molar-refractivity contribution in [3.05, 3.63) is 48.0 Å². The molecule has 0 spiro atoms. The van der Waals surface area contributed by atoms with Gasteiger partial charge in [-0.3, -0.25) is 4.79 Å². The van der Waals surface area contributed by atoms with Gasteiger partial charge in [0.25, 0.3) is 0 Å². The van der Waals surface area contributed by atoms with Gasteiger partial charge in [0, 0.05) is 36.5 Å². The molecule has 150 valence electrons. The summed E-state index contributed by atoms with van der Waals surface area (Å²) in [6.45, 7) is 5.64. The first-order valence-electron chi connectivity index (χ1n) is 9.19. The average molecular weight is 413 g/mol. The number of carbonyl (C=O) groups is 1. The number of nitrogens with two attached hydrogens (primary N) is 1. The first kappa shape index (κ1) is 23.5. The van der Waals surface area contributed by atoms with E-state index in [2.05, 4.69) is 40.8 Å². The quantitative estimate of drug-likeness (QED) is 0.745. The predicted octanol–water partition coefficient (Wildman–Crippen LogP) is 4.21. The summed E-state index contributed by atoms with van der Waals surface area (Å²) in [7, 11) is 0. The zero-order valence-corrected chi connectivity index (χ0v) is 17.6. The van der Waals surface area contributed by atoms with Gasteiger partial charge < -0.3 is 15.6 Å². The molecule has 1 saturated carbocycles. The standard InChI is InChI=1S/C20H28N4O.2ClH/c1-14(2)19-22-9-10-24(19)13-15-5-3-7-17(11-15)23-20(25)18-8-4-6-16(18)12-21;;/h3,5,7,9-11,14,16,18H,4,6,8,12-13,21H2,1-2H3,(H,23,25);2*1H/t16-,18-;;/m1../s1. The number of nitrogens with zero attached hydrogens (tertiary/aromatic N) is 2. The Hall–Kier alpha value is -1.56. The second-order valence-electron chi connectivity index (χ2n) is 7.29. The molecule has 7 heteroatoms. The maximum Gasteiger partial charge on any atom is 0.227 e. The zero-order valence-electron chi connectivity index (χ0n) is 15.9. The highest BCUT2D eigenvalue weighted by molar-refractivity contribution is 5.93. The molecule has 5 nitrogen and oxygen atoms in total. The molecule has 27 heavy (non-hydrogen) atoms. The molecule has 3 N–H and O–H groups in total. The summed E-state index contributed by atoms with van der Waals surface area (Å²) in [5.41, 5.74) is 7.82. The molecule has 1 aromatic heterocycles. The third-order valence-corrected chi connectivity index (χ3v) is 5.11. The number of aromatic nitrogens is 2. The first-order valence-corrected chi connectivity index (χ1v) is 9.19. The normalized spacial score (nSPS) is 18.7. The van der Waals surface area contributed by atoms with Crippen molar-refractivity contribution in [3.8, 4) is 0 Å². The number of amides is 1. The van der Waals surface area contributed by atoms with Crippen molar-refractivity contribution in [2.75, 3.05) is 11.9 Å². The van der Waals surface area contributed by atoms with Crippen molar-refractivity contribution in [2.45, 2.75) is 45.6 Å². The van der Waals surface area contributed by atoms with Gasteiger partial charge in [0.15, 0.2) is 0 Å². The fraction of sp³-hybridized carbons (Fsp3) is 0.500. The van der Waals surface area contributed by atoms with Crippen LogP contribution in [0.25, 0.3) is 0 Å². The smallest absolute Gasteiger partial charge is 0.227 e. The summed E-state index contributed by atoms with van der Waals surface area (Å²) in [5, 5.41) is 3.09. The average Bonchev–Trinajstić information content (AvgIpc) is 3.23. The minimum Gasteiger partial charge on any atom is -0.330 e. The molecule has 3 rings (SSSR count). The molecule has 0 saturated heterocycles. The van der Waals surface area contributed by atoms with Crippen LogP contribution in [-0.2, 0) is 11.3 Å². The molecule has 1 amide bonds. The minimum atomic E-state index is 0. The lowest BCUT2D eigenvalue weighted by Gasteiger charge is -2.18. The molecule has 2 aromatic rings. The van der Waals surface area contributed by atoms with Gasteiger partial charge >= 0.3 is 0 Å². The monoisotopic (exact) mass is 412 g/mol. The summed E-state index contributed by atoms with van der Waals surface area (Å²) < 4.78 is 2.16. The summed E-state index contributed by atoms with van der Waals surface area (Å²) >= 11 is 0.